The average Bonchev–Trinajstić information content (AvgIpc) is 2.48. The van der Waals surface area contributed by atoms with E-state index in [0.29, 0.717) is 16.8 Å². The molecule has 6 heteroatoms. The first kappa shape index (κ1) is 16.0. The highest BCUT2D eigenvalue weighted by molar-refractivity contribution is 6.30. The predicted molar refractivity (Wildman–Crippen MR) is 92.3 cm³/mol. The lowest BCUT2D eigenvalue weighted by molar-refractivity contribution is 1.13. The molecule has 0 saturated heterocycles. The Bertz CT molecular complexity index is 716. The SMILES string of the molecule is C/C(N)=N\C(C)=C(/C)c1ccnc(Nc2ccc(Cl)cc2)n1. The first-order valence-electron chi connectivity index (χ1n) is 6.80. The summed E-state index contributed by atoms with van der Waals surface area (Å²) in [6.07, 6.45) is 1.70. The number of nitrogens with one attached hydrogen (secondary N) is 1. The number of hydrogen-bond acceptors (Lipinski definition) is 4. The highest BCUT2D eigenvalue weighted by Crippen LogP contribution is 2.20. The monoisotopic (exact) mass is 315 g/mol. The maximum atomic E-state index is 5.87. The van der Waals surface area contributed by atoms with Gasteiger partial charge >= 0.3 is 0 Å². The summed E-state index contributed by atoms with van der Waals surface area (Å²) >= 11 is 5.87. The van der Waals surface area contributed by atoms with E-state index in [4.69, 9.17) is 17.3 Å². The molecule has 0 atom stereocenters. The third-order valence-corrected chi connectivity index (χ3v) is 3.28. The second kappa shape index (κ2) is 7.04. The van der Waals surface area contributed by atoms with Gasteiger partial charge in [0, 0.05) is 22.6 Å². The number of aromatic nitrogens is 2. The topological polar surface area (TPSA) is 76.2 Å². The molecule has 114 valence electrons. The zero-order valence-corrected chi connectivity index (χ0v) is 13.5. The van der Waals surface area contributed by atoms with Gasteiger partial charge in [-0.3, -0.25) is 0 Å². The minimum atomic E-state index is 0.514. The van der Waals surface area contributed by atoms with Gasteiger partial charge in [0.2, 0.25) is 5.95 Å². The van der Waals surface area contributed by atoms with E-state index in [9.17, 15) is 0 Å². The molecule has 22 heavy (non-hydrogen) atoms. The highest BCUT2D eigenvalue weighted by atomic mass is 35.5. The number of amidine groups is 1. The van der Waals surface area contributed by atoms with Gasteiger partial charge in [0.1, 0.15) is 0 Å². The fourth-order valence-corrected chi connectivity index (χ4v) is 1.95. The summed E-state index contributed by atoms with van der Waals surface area (Å²) in [7, 11) is 0. The molecular formula is C16H18ClN5. The van der Waals surface area contributed by atoms with Gasteiger partial charge in [-0.25, -0.2) is 15.0 Å². The third kappa shape index (κ3) is 4.30. The molecule has 0 radical (unpaired) electrons. The Morgan fingerprint density at radius 2 is 1.82 bits per heavy atom. The molecule has 5 nitrogen and oxygen atoms in total. The van der Waals surface area contributed by atoms with E-state index in [-0.39, 0.29) is 0 Å². The summed E-state index contributed by atoms with van der Waals surface area (Å²) in [6.45, 7) is 5.61. The highest BCUT2D eigenvalue weighted by Gasteiger charge is 2.05. The predicted octanol–water partition coefficient (Wildman–Crippen LogP) is 4.00. The van der Waals surface area contributed by atoms with Crippen LogP contribution in [0.25, 0.3) is 5.57 Å². The number of rotatable bonds is 4. The number of nitrogens with two attached hydrogens (primary N) is 1. The molecule has 3 N–H and O–H groups in total. The van der Waals surface area contributed by atoms with Crippen molar-refractivity contribution >= 4 is 34.6 Å². The quantitative estimate of drug-likeness (QED) is 0.660. The van der Waals surface area contributed by atoms with Crippen LogP contribution in [0.2, 0.25) is 5.02 Å². The molecule has 0 bridgehead atoms. The molecule has 2 aromatic rings. The molecule has 0 amide bonds. The van der Waals surface area contributed by atoms with Crippen LogP contribution in [0.15, 0.2) is 47.2 Å². The summed E-state index contributed by atoms with van der Waals surface area (Å²) in [6, 6.07) is 9.19. The van der Waals surface area contributed by atoms with E-state index in [1.165, 1.54) is 0 Å². The minimum absolute atomic E-state index is 0.514. The van der Waals surface area contributed by atoms with Crippen molar-refractivity contribution in [1.82, 2.24) is 9.97 Å². The molecule has 0 fully saturated rings. The Morgan fingerprint density at radius 1 is 1.14 bits per heavy atom. The molecule has 0 spiro atoms. The number of aliphatic imine (C=N–C) groups is 1. The first-order valence-corrected chi connectivity index (χ1v) is 7.18. The van der Waals surface area contributed by atoms with Crippen molar-refractivity contribution in [2.75, 3.05) is 5.32 Å². The second-order valence-electron chi connectivity index (χ2n) is 4.86. The largest absolute Gasteiger partial charge is 0.387 e. The molecule has 0 saturated carbocycles. The summed E-state index contributed by atoms with van der Waals surface area (Å²) in [5.41, 5.74) is 9.06. The van der Waals surface area contributed by atoms with Crippen molar-refractivity contribution in [2.45, 2.75) is 20.8 Å². The van der Waals surface area contributed by atoms with E-state index >= 15 is 0 Å². The van der Waals surface area contributed by atoms with Crippen LogP contribution in [0, 0.1) is 0 Å². The number of nitrogens with zero attached hydrogens (tertiary/aromatic N) is 3. The molecule has 0 aliphatic rings. The van der Waals surface area contributed by atoms with Crippen LogP contribution in [0.1, 0.15) is 26.5 Å². The zero-order chi connectivity index (χ0) is 16.1. The molecule has 0 aliphatic carbocycles. The second-order valence-corrected chi connectivity index (χ2v) is 5.30. The summed E-state index contributed by atoms with van der Waals surface area (Å²) in [5, 5.41) is 3.83. The molecule has 2 rings (SSSR count). The smallest absolute Gasteiger partial charge is 0.227 e. The molecule has 1 aromatic heterocycles. The zero-order valence-electron chi connectivity index (χ0n) is 12.8. The summed E-state index contributed by atoms with van der Waals surface area (Å²) in [5.74, 6) is 1.03. The lowest BCUT2D eigenvalue weighted by atomic mass is 10.2. The van der Waals surface area contributed by atoms with Gasteiger partial charge in [0.15, 0.2) is 0 Å². The van der Waals surface area contributed by atoms with Crippen LogP contribution < -0.4 is 11.1 Å². The van der Waals surface area contributed by atoms with E-state index in [0.717, 1.165) is 22.7 Å². The minimum Gasteiger partial charge on any atom is -0.387 e. The normalized spacial score (nSPS) is 12.8. The first-order chi connectivity index (χ1) is 10.5. The van der Waals surface area contributed by atoms with Crippen molar-refractivity contribution in [1.29, 1.82) is 0 Å². The Labute approximate surface area is 135 Å². The van der Waals surface area contributed by atoms with Crippen LogP contribution in [0.5, 0.6) is 0 Å². The number of benzene rings is 1. The molecule has 0 aliphatic heterocycles. The lowest BCUT2D eigenvalue weighted by Gasteiger charge is -2.08. The van der Waals surface area contributed by atoms with Crippen LogP contribution >= 0.6 is 11.6 Å². The average molecular weight is 316 g/mol. The Kier molecular flexibility index (Phi) is 5.12. The van der Waals surface area contributed by atoms with Crippen molar-refractivity contribution in [3.05, 3.63) is 52.9 Å². The van der Waals surface area contributed by atoms with Gasteiger partial charge in [0.25, 0.3) is 0 Å². The summed E-state index contributed by atoms with van der Waals surface area (Å²) in [4.78, 5) is 13.0. The maximum absolute atomic E-state index is 5.87. The van der Waals surface area contributed by atoms with E-state index < -0.39 is 0 Å². The van der Waals surface area contributed by atoms with E-state index in [1.54, 1.807) is 13.1 Å². The van der Waals surface area contributed by atoms with E-state index in [1.807, 2.05) is 44.2 Å². The summed E-state index contributed by atoms with van der Waals surface area (Å²) < 4.78 is 0. The Balaban J connectivity index is 2.27. The number of allylic oxidation sites excluding steroid dienone is 2. The molecular weight excluding hydrogens is 298 g/mol. The Morgan fingerprint density at radius 3 is 2.45 bits per heavy atom. The maximum Gasteiger partial charge on any atom is 0.227 e. The number of hydrogen-bond donors (Lipinski definition) is 2. The van der Waals surface area contributed by atoms with Crippen LogP contribution in [0.4, 0.5) is 11.6 Å². The van der Waals surface area contributed by atoms with Crippen molar-refractivity contribution in [3.8, 4) is 0 Å². The molecule has 0 unspecified atom stereocenters. The van der Waals surface area contributed by atoms with Gasteiger partial charge < -0.3 is 11.1 Å². The van der Waals surface area contributed by atoms with Gasteiger partial charge in [-0.2, -0.15) is 0 Å². The molecule has 1 heterocycles. The van der Waals surface area contributed by atoms with Crippen molar-refractivity contribution in [2.24, 2.45) is 10.7 Å². The molecule has 1 aromatic carbocycles. The number of anilines is 2. The van der Waals surface area contributed by atoms with Gasteiger partial charge in [0.05, 0.1) is 11.5 Å². The van der Waals surface area contributed by atoms with Crippen molar-refractivity contribution in [3.63, 3.8) is 0 Å². The third-order valence-electron chi connectivity index (χ3n) is 3.03. The van der Waals surface area contributed by atoms with E-state index in [2.05, 4.69) is 20.3 Å². The van der Waals surface area contributed by atoms with Gasteiger partial charge in [-0.1, -0.05) is 11.6 Å². The Hall–Kier alpha value is -2.40. The number of halogens is 1. The van der Waals surface area contributed by atoms with Crippen LogP contribution in [-0.4, -0.2) is 15.8 Å². The van der Waals surface area contributed by atoms with Gasteiger partial charge in [-0.05, 0) is 56.7 Å². The standard InChI is InChI=1S/C16H18ClN5/c1-10(11(2)20-12(3)18)15-8-9-19-16(22-15)21-14-6-4-13(17)5-7-14/h4-9H,1-3H3,(H2,18,20)(H,19,21,22)/b11-10+. The van der Waals surface area contributed by atoms with Gasteiger partial charge in [-0.15, -0.1) is 0 Å². The lowest BCUT2D eigenvalue weighted by Crippen LogP contribution is -2.05. The van der Waals surface area contributed by atoms with Crippen molar-refractivity contribution < 1.29 is 0 Å². The fourth-order valence-electron chi connectivity index (χ4n) is 1.82. The van der Waals surface area contributed by atoms with Crippen LogP contribution in [-0.2, 0) is 0 Å². The van der Waals surface area contributed by atoms with Crippen LogP contribution in [0.3, 0.4) is 0 Å². The fraction of sp³-hybridized carbons (Fsp3) is 0.188.